The summed E-state index contributed by atoms with van der Waals surface area (Å²) < 4.78 is 32.2. The third-order valence-electron chi connectivity index (χ3n) is 10.6. The van der Waals surface area contributed by atoms with Gasteiger partial charge in [0.1, 0.15) is 23.0 Å². The van der Waals surface area contributed by atoms with Crippen molar-refractivity contribution in [2.45, 2.75) is 63.5 Å². The Hall–Kier alpha value is -5.49. The lowest BCUT2D eigenvalue weighted by Gasteiger charge is -2.30. The highest BCUT2D eigenvalue weighted by atomic mass is 19.1. The van der Waals surface area contributed by atoms with Crippen molar-refractivity contribution in [2.75, 3.05) is 13.1 Å². The molecule has 1 aliphatic heterocycles. The maximum absolute atomic E-state index is 14.5. The van der Waals surface area contributed by atoms with E-state index in [1.54, 1.807) is 6.07 Å². The molecule has 0 spiro atoms. The first kappa shape index (κ1) is 33.6. The number of carbonyl (C=O) groups is 1. The summed E-state index contributed by atoms with van der Waals surface area (Å²) in [6, 6.07) is 19.3. The second-order valence-corrected chi connectivity index (χ2v) is 14.0. The zero-order valence-corrected chi connectivity index (χ0v) is 28.6. The fourth-order valence-corrected chi connectivity index (χ4v) is 7.78. The van der Waals surface area contributed by atoms with Gasteiger partial charge < -0.3 is 15.0 Å². The van der Waals surface area contributed by atoms with Crippen LogP contribution in [-0.2, 0) is 6.42 Å². The van der Waals surface area contributed by atoms with Gasteiger partial charge in [-0.15, -0.1) is 0 Å². The third kappa shape index (κ3) is 6.78. The average Bonchev–Trinajstić information content (AvgIpc) is 3.59. The number of halogens is 2. The summed E-state index contributed by atoms with van der Waals surface area (Å²) in [6.45, 7) is 2.19. The molecule has 0 atom stereocenters. The first-order chi connectivity index (χ1) is 25.3. The SMILES string of the molecule is O=C(NC1CCC(n2c(=O)c3cc(F)cnc3n(-c3cccc(-c4ccc(CCC5CCNCC5)cc4)c3)c2=O)CC1)c1cn2cc(F)ccc2n1. The van der Waals surface area contributed by atoms with E-state index in [4.69, 9.17) is 0 Å². The van der Waals surface area contributed by atoms with Crippen molar-refractivity contribution in [3.05, 3.63) is 129 Å². The largest absolute Gasteiger partial charge is 0.348 e. The minimum absolute atomic E-state index is 0.0156. The van der Waals surface area contributed by atoms with E-state index in [-0.39, 0.29) is 28.7 Å². The molecule has 0 unspecified atom stereocenters. The first-order valence-corrected chi connectivity index (χ1v) is 18.0. The predicted molar refractivity (Wildman–Crippen MR) is 195 cm³/mol. The second-order valence-electron chi connectivity index (χ2n) is 14.0. The van der Waals surface area contributed by atoms with E-state index in [2.05, 4.69) is 44.9 Å². The molecule has 12 heteroatoms. The van der Waals surface area contributed by atoms with Crippen molar-refractivity contribution in [2.24, 2.45) is 5.92 Å². The Morgan fingerprint density at radius 2 is 1.65 bits per heavy atom. The van der Waals surface area contributed by atoms with Crippen LogP contribution < -0.4 is 21.9 Å². The number of benzene rings is 2. The van der Waals surface area contributed by atoms with Crippen LogP contribution in [0, 0.1) is 17.6 Å². The van der Waals surface area contributed by atoms with Crippen molar-refractivity contribution >= 4 is 22.6 Å². The summed E-state index contributed by atoms with van der Waals surface area (Å²) in [5, 5.41) is 6.44. The van der Waals surface area contributed by atoms with E-state index in [9.17, 15) is 23.2 Å². The molecule has 2 fully saturated rings. The third-order valence-corrected chi connectivity index (χ3v) is 10.6. The number of piperidine rings is 1. The minimum Gasteiger partial charge on any atom is -0.348 e. The first-order valence-electron chi connectivity index (χ1n) is 18.0. The van der Waals surface area contributed by atoms with Crippen LogP contribution in [0.15, 0.2) is 94.9 Å². The molecule has 1 saturated heterocycles. The van der Waals surface area contributed by atoms with Gasteiger partial charge in [-0.1, -0.05) is 36.4 Å². The molecular formula is C40H39F2N7O3. The van der Waals surface area contributed by atoms with Crippen LogP contribution in [0.5, 0.6) is 0 Å². The van der Waals surface area contributed by atoms with Gasteiger partial charge in [-0.25, -0.2) is 28.1 Å². The highest BCUT2D eigenvalue weighted by Gasteiger charge is 2.29. The van der Waals surface area contributed by atoms with Crippen LogP contribution in [-0.4, -0.2) is 48.5 Å². The number of rotatable bonds is 8. The molecule has 4 aromatic heterocycles. The molecule has 1 aliphatic carbocycles. The second kappa shape index (κ2) is 14.3. The Kier molecular flexibility index (Phi) is 9.23. The predicted octanol–water partition coefficient (Wildman–Crippen LogP) is 5.99. The summed E-state index contributed by atoms with van der Waals surface area (Å²) in [5.74, 6) is -0.731. The lowest BCUT2D eigenvalue weighted by atomic mass is 9.90. The highest BCUT2D eigenvalue weighted by Crippen LogP contribution is 2.29. The quantitative estimate of drug-likeness (QED) is 0.202. The lowest BCUT2D eigenvalue weighted by Crippen LogP contribution is -2.45. The standard InChI is InChI=1S/C40H39F2N7O3/c41-29-10-15-36-46-35(24-47(36)23-29)38(50)45-31-11-13-32(14-12-31)49-39(51)34-21-30(42)22-44-37(34)48(40(49)52)33-3-1-2-28(20-33)27-8-6-25(7-9-27)4-5-26-16-18-43-19-17-26/h1-3,6-10,15,20-24,26,31-32,43H,4-5,11-14,16-19H2,(H,45,50). The van der Waals surface area contributed by atoms with Gasteiger partial charge in [-0.3, -0.25) is 14.2 Å². The Labute approximate surface area is 298 Å². The number of amides is 1. The summed E-state index contributed by atoms with van der Waals surface area (Å²) in [4.78, 5) is 49.7. The van der Waals surface area contributed by atoms with Crippen molar-refractivity contribution in [3.8, 4) is 16.8 Å². The molecule has 8 rings (SSSR count). The molecule has 6 aromatic rings. The molecule has 0 bridgehead atoms. The van der Waals surface area contributed by atoms with Crippen LogP contribution >= 0.6 is 0 Å². The zero-order chi connectivity index (χ0) is 35.8. The topological polar surface area (TPSA) is 115 Å². The van der Waals surface area contributed by atoms with Crippen LogP contribution in [0.3, 0.4) is 0 Å². The van der Waals surface area contributed by atoms with E-state index >= 15 is 0 Å². The van der Waals surface area contributed by atoms with Crippen LogP contribution in [0.1, 0.15) is 67.0 Å². The highest BCUT2D eigenvalue weighted by molar-refractivity contribution is 5.93. The van der Waals surface area contributed by atoms with Gasteiger partial charge in [0.25, 0.3) is 11.5 Å². The fourth-order valence-electron chi connectivity index (χ4n) is 7.78. The van der Waals surface area contributed by atoms with Crippen molar-refractivity contribution in [1.29, 1.82) is 0 Å². The van der Waals surface area contributed by atoms with E-state index in [0.29, 0.717) is 37.0 Å². The number of pyridine rings is 2. The number of hydrogen-bond donors (Lipinski definition) is 2. The number of imidazole rings is 1. The average molecular weight is 704 g/mol. The maximum atomic E-state index is 14.5. The molecular weight excluding hydrogens is 664 g/mol. The van der Waals surface area contributed by atoms with Crippen LogP contribution in [0.25, 0.3) is 33.5 Å². The Balaban J connectivity index is 1.04. The molecule has 1 saturated carbocycles. The van der Waals surface area contributed by atoms with Crippen molar-refractivity contribution in [3.63, 3.8) is 0 Å². The van der Waals surface area contributed by atoms with E-state index in [1.165, 1.54) is 62.9 Å². The van der Waals surface area contributed by atoms with Gasteiger partial charge in [-0.2, -0.15) is 0 Å². The number of nitrogens with zero attached hydrogens (tertiary/aromatic N) is 5. The minimum atomic E-state index is -0.670. The monoisotopic (exact) mass is 703 g/mol. The number of hydrogen-bond acceptors (Lipinski definition) is 6. The Morgan fingerprint density at radius 1 is 0.865 bits per heavy atom. The van der Waals surface area contributed by atoms with Crippen molar-refractivity contribution < 1.29 is 13.6 Å². The lowest BCUT2D eigenvalue weighted by molar-refractivity contribution is 0.0917. The molecule has 5 heterocycles. The number of nitrogens with one attached hydrogen (secondary N) is 2. The molecule has 52 heavy (non-hydrogen) atoms. The molecule has 1 amide bonds. The van der Waals surface area contributed by atoms with Gasteiger partial charge >= 0.3 is 5.69 Å². The van der Waals surface area contributed by atoms with Gasteiger partial charge in [0, 0.05) is 24.5 Å². The van der Waals surface area contributed by atoms with Crippen LogP contribution in [0.2, 0.25) is 0 Å². The molecule has 2 N–H and O–H groups in total. The molecule has 0 radical (unpaired) electrons. The van der Waals surface area contributed by atoms with Gasteiger partial charge in [0.05, 0.1) is 17.3 Å². The van der Waals surface area contributed by atoms with Gasteiger partial charge in [0.15, 0.2) is 5.65 Å². The van der Waals surface area contributed by atoms with E-state index in [1.807, 2.05) is 18.2 Å². The Morgan fingerprint density at radius 3 is 2.44 bits per heavy atom. The summed E-state index contributed by atoms with van der Waals surface area (Å²) in [7, 11) is 0. The van der Waals surface area contributed by atoms with E-state index in [0.717, 1.165) is 48.8 Å². The maximum Gasteiger partial charge on any atom is 0.337 e. The number of aromatic nitrogens is 5. The van der Waals surface area contributed by atoms with Crippen molar-refractivity contribution in [1.82, 2.24) is 34.1 Å². The van der Waals surface area contributed by atoms with Gasteiger partial charge in [-0.05, 0) is 117 Å². The number of fused-ring (bicyclic) bond motifs is 2. The smallest absolute Gasteiger partial charge is 0.337 e. The molecule has 10 nitrogen and oxygen atoms in total. The van der Waals surface area contributed by atoms with Gasteiger partial charge in [0.2, 0.25) is 0 Å². The summed E-state index contributed by atoms with van der Waals surface area (Å²) in [5.41, 5.74) is 3.27. The number of carbonyl (C=O) groups excluding carboxylic acids is 1. The molecule has 266 valence electrons. The molecule has 2 aliphatic rings. The van der Waals surface area contributed by atoms with E-state index < -0.39 is 28.9 Å². The summed E-state index contributed by atoms with van der Waals surface area (Å²) >= 11 is 0. The normalized spacial score (nSPS) is 18.2. The number of aryl methyl sites for hydroxylation is 1. The fraction of sp³-hybridized carbons (Fsp3) is 0.325. The summed E-state index contributed by atoms with van der Waals surface area (Å²) in [6.07, 6.45) is 10.3. The van der Waals surface area contributed by atoms with Crippen LogP contribution in [0.4, 0.5) is 8.78 Å². The Bertz CT molecular complexity index is 2390. The molecule has 2 aromatic carbocycles. The zero-order valence-electron chi connectivity index (χ0n) is 28.6.